The number of carbonyl (C=O) groups is 1. The Kier molecular flexibility index (Phi) is 16.5. The highest BCUT2D eigenvalue weighted by Gasteiger charge is 1.99. The Morgan fingerprint density at radius 2 is 1.40 bits per heavy atom. The van der Waals surface area contributed by atoms with Gasteiger partial charge in [0.15, 0.2) is 0 Å². The third-order valence-electron chi connectivity index (χ3n) is 3.48. The van der Waals surface area contributed by atoms with Gasteiger partial charge < -0.3 is 20.0 Å². The number of halogens is 1. The third-order valence-corrected chi connectivity index (χ3v) is 3.48. The number of hydrazone groups is 1. The Morgan fingerprint density at radius 1 is 0.933 bits per heavy atom. The van der Waals surface area contributed by atoms with Crippen molar-refractivity contribution in [1.29, 1.82) is 0 Å². The summed E-state index contributed by atoms with van der Waals surface area (Å²) in [5.74, 6) is 5.83. The van der Waals surface area contributed by atoms with Crippen LogP contribution in [0, 0.1) is 0 Å². The average molecular weight is 439 g/mol. The van der Waals surface area contributed by atoms with Gasteiger partial charge in [0.05, 0.1) is 13.2 Å². The van der Waals surface area contributed by atoms with Crippen LogP contribution in [0.5, 0.6) is 11.5 Å². The number of nitrogens with two attached hydrogens (primary N) is 1. The van der Waals surface area contributed by atoms with Crippen molar-refractivity contribution in [2.24, 2.45) is 10.9 Å². The zero-order chi connectivity index (χ0) is 21.2. The first-order valence-electron chi connectivity index (χ1n) is 9.43. The molecule has 30 heavy (non-hydrogen) atoms. The molecule has 0 bridgehead atoms. The minimum atomic E-state index is -1.02. The van der Waals surface area contributed by atoms with Gasteiger partial charge in [-0.05, 0) is 37.6 Å². The predicted octanol–water partition coefficient (Wildman–Crippen LogP) is 2.85. The molecule has 2 aromatic rings. The number of rotatable bonds is 12. The van der Waals surface area contributed by atoms with E-state index in [1.54, 1.807) is 0 Å². The highest BCUT2D eigenvalue weighted by atomic mass is 35.5. The van der Waals surface area contributed by atoms with Crippen LogP contribution in [0.1, 0.15) is 19.8 Å². The van der Waals surface area contributed by atoms with Crippen LogP contribution in [-0.2, 0) is 4.79 Å². The zero-order valence-corrected chi connectivity index (χ0v) is 17.9. The molecular formula is C21H31ClN4O4. The maximum absolute atomic E-state index is 10.4. The second-order valence-electron chi connectivity index (χ2n) is 5.89. The summed E-state index contributed by atoms with van der Waals surface area (Å²) >= 11 is 0. The minimum Gasteiger partial charge on any atom is -0.494 e. The predicted molar refractivity (Wildman–Crippen MR) is 121 cm³/mol. The molecular weight excluding hydrogens is 408 g/mol. The van der Waals surface area contributed by atoms with Crippen LogP contribution in [0.2, 0.25) is 0 Å². The van der Waals surface area contributed by atoms with Gasteiger partial charge in [0.1, 0.15) is 17.2 Å². The molecule has 166 valence electrons. The summed E-state index contributed by atoms with van der Waals surface area (Å²) < 4.78 is 10.9. The van der Waals surface area contributed by atoms with E-state index in [0.29, 0.717) is 19.8 Å². The first kappa shape index (κ1) is 27.2. The second-order valence-corrected chi connectivity index (χ2v) is 5.89. The largest absolute Gasteiger partial charge is 0.494 e. The Morgan fingerprint density at radius 3 is 1.83 bits per heavy atom. The molecule has 0 saturated heterocycles. The van der Waals surface area contributed by atoms with Crippen LogP contribution in [0.3, 0.4) is 0 Å². The molecule has 0 heterocycles. The van der Waals surface area contributed by atoms with Crippen LogP contribution in [0.4, 0.5) is 0 Å². The Bertz CT molecular complexity index is 703. The van der Waals surface area contributed by atoms with Gasteiger partial charge >= 0.3 is 5.97 Å². The van der Waals surface area contributed by atoms with Crippen molar-refractivity contribution in [3.05, 3.63) is 60.7 Å². The van der Waals surface area contributed by atoms with Crippen LogP contribution in [0.15, 0.2) is 65.8 Å². The molecule has 9 heteroatoms. The molecule has 5 N–H and O–H groups in total. The highest BCUT2D eigenvalue weighted by Crippen LogP contribution is 2.08. The summed E-state index contributed by atoms with van der Waals surface area (Å²) in [7, 11) is 0. The smallest absolute Gasteiger partial charge is 0.351 e. The normalized spacial score (nSPS) is 10.1. The van der Waals surface area contributed by atoms with Crippen molar-refractivity contribution >= 4 is 24.1 Å². The van der Waals surface area contributed by atoms with Gasteiger partial charge in [-0.3, -0.25) is 11.3 Å². The third kappa shape index (κ3) is 14.2. The van der Waals surface area contributed by atoms with E-state index in [1.807, 2.05) is 60.7 Å². The Hall–Kier alpha value is -2.81. The van der Waals surface area contributed by atoms with E-state index < -0.39 is 5.97 Å². The van der Waals surface area contributed by atoms with E-state index in [4.69, 9.17) is 20.4 Å². The fraction of sp³-hybridized carbons (Fsp3) is 0.333. The summed E-state index contributed by atoms with van der Waals surface area (Å²) in [6.45, 7) is 4.08. The van der Waals surface area contributed by atoms with Crippen LogP contribution in [-0.4, -0.2) is 43.1 Å². The van der Waals surface area contributed by atoms with Gasteiger partial charge in [-0.15, -0.1) is 12.4 Å². The quantitative estimate of drug-likeness (QED) is 0.174. The van der Waals surface area contributed by atoms with E-state index in [1.165, 1.54) is 6.92 Å². The lowest BCUT2D eigenvalue weighted by Gasteiger charge is -2.05. The van der Waals surface area contributed by atoms with E-state index in [9.17, 15) is 4.79 Å². The molecule has 0 aliphatic carbocycles. The number of nitrogens with one attached hydrogen (secondary N) is 2. The summed E-state index contributed by atoms with van der Waals surface area (Å²) in [4.78, 5) is 10.4. The van der Waals surface area contributed by atoms with Gasteiger partial charge in [-0.2, -0.15) is 5.10 Å². The number of nitrogens with zero attached hydrogens (tertiary/aromatic N) is 1. The molecule has 2 aromatic carbocycles. The van der Waals surface area contributed by atoms with E-state index in [-0.39, 0.29) is 18.1 Å². The van der Waals surface area contributed by atoms with Gasteiger partial charge in [0.2, 0.25) is 0 Å². The number of hydrogen-bond donors (Lipinski definition) is 4. The molecule has 0 unspecified atom stereocenters. The average Bonchev–Trinajstić information content (AvgIpc) is 2.75. The molecule has 2 rings (SSSR count). The van der Waals surface area contributed by atoms with Crippen molar-refractivity contribution in [1.82, 2.24) is 10.9 Å². The SMILES string of the molecule is CC(=NNCCCOc1ccccc1)C(=O)O.Cl.NNCCCOc1ccccc1. The van der Waals surface area contributed by atoms with E-state index in [0.717, 1.165) is 30.9 Å². The first-order valence-corrected chi connectivity index (χ1v) is 9.43. The molecule has 0 atom stereocenters. The molecule has 0 spiro atoms. The number of hydrogen-bond acceptors (Lipinski definition) is 7. The molecule has 0 aliphatic heterocycles. The standard InChI is InChI=1S/C12H16N2O3.C9H14N2O.ClH/c1-10(12(15)16)14-13-8-5-9-17-11-6-3-2-4-7-11;10-11-7-4-8-12-9-5-2-1-3-6-9;/h2-4,6-7,13H,5,8-9H2,1H3,(H,15,16);1-3,5-6,11H,4,7-8,10H2;1H. The molecule has 0 amide bonds. The zero-order valence-electron chi connectivity index (χ0n) is 17.1. The van der Waals surface area contributed by atoms with Gasteiger partial charge in [0, 0.05) is 19.5 Å². The fourth-order valence-corrected chi connectivity index (χ4v) is 1.96. The van der Waals surface area contributed by atoms with Crippen LogP contribution in [0.25, 0.3) is 0 Å². The lowest BCUT2D eigenvalue weighted by Crippen LogP contribution is -2.24. The van der Waals surface area contributed by atoms with E-state index in [2.05, 4.69) is 16.0 Å². The summed E-state index contributed by atoms with van der Waals surface area (Å²) in [6, 6.07) is 19.3. The van der Waals surface area contributed by atoms with Crippen molar-refractivity contribution in [2.75, 3.05) is 26.3 Å². The number of carboxylic acids is 1. The summed E-state index contributed by atoms with van der Waals surface area (Å²) in [5.41, 5.74) is 5.30. The van der Waals surface area contributed by atoms with Crippen molar-refractivity contribution in [3.8, 4) is 11.5 Å². The van der Waals surface area contributed by atoms with Crippen molar-refractivity contribution in [2.45, 2.75) is 19.8 Å². The van der Waals surface area contributed by atoms with Crippen LogP contribution >= 0.6 is 12.4 Å². The van der Waals surface area contributed by atoms with Crippen molar-refractivity contribution < 1.29 is 19.4 Å². The monoisotopic (exact) mass is 438 g/mol. The molecule has 0 fully saturated rings. The molecule has 8 nitrogen and oxygen atoms in total. The lowest BCUT2D eigenvalue weighted by atomic mass is 10.3. The van der Waals surface area contributed by atoms with Crippen LogP contribution < -0.4 is 26.2 Å². The lowest BCUT2D eigenvalue weighted by molar-refractivity contribution is -0.129. The molecule has 0 saturated carbocycles. The second kappa shape index (κ2) is 18.2. The number of benzene rings is 2. The van der Waals surface area contributed by atoms with Gasteiger partial charge in [-0.1, -0.05) is 36.4 Å². The maximum atomic E-state index is 10.4. The number of para-hydroxylation sites is 2. The first-order chi connectivity index (χ1) is 14.1. The Labute approximate surface area is 183 Å². The number of hydrazine groups is 1. The van der Waals surface area contributed by atoms with E-state index >= 15 is 0 Å². The number of ether oxygens (including phenoxy) is 2. The minimum absolute atomic E-state index is 0. The number of aliphatic carboxylic acids is 1. The topological polar surface area (TPSA) is 118 Å². The number of carboxylic acid groups (broad SMARTS) is 1. The highest BCUT2D eigenvalue weighted by molar-refractivity contribution is 6.34. The fourth-order valence-electron chi connectivity index (χ4n) is 1.96. The molecule has 0 aromatic heterocycles. The summed E-state index contributed by atoms with van der Waals surface area (Å²) in [6.07, 6.45) is 1.68. The Balaban J connectivity index is 0.000000573. The summed E-state index contributed by atoms with van der Waals surface area (Å²) in [5, 5.41) is 12.2. The molecule has 0 aliphatic rings. The van der Waals surface area contributed by atoms with Gasteiger partial charge in [0.25, 0.3) is 0 Å². The van der Waals surface area contributed by atoms with Crippen molar-refractivity contribution in [3.63, 3.8) is 0 Å². The molecule has 0 radical (unpaired) electrons. The maximum Gasteiger partial charge on any atom is 0.351 e. The van der Waals surface area contributed by atoms with Gasteiger partial charge in [-0.25, -0.2) is 4.79 Å².